The Bertz CT molecular complexity index is 1140. The van der Waals surface area contributed by atoms with Crippen molar-refractivity contribution in [1.29, 1.82) is 0 Å². The van der Waals surface area contributed by atoms with Gasteiger partial charge in [-0.3, -0.25) is 9.69 Å². The largest absolute Gasteiger partial charge is 0.337 e. The Labute approximate surface area is 186 Å². The van der Waals surface area contributed by atoms with Gasteiger partial charge >= 0.3 is 0 Å². The highest BCUT2D eigenvalue weighted by atomic mass is 79.9. The molecular weight excluding hydrogens is 472 g/mol. The molecule has 0 aliphatic rings. The Morgan fingerprint density at radius 3 is 2.79 bits per heavy atom. The Morgan fingerprint density at radius 1 is 1.28 bits per heavy atom. The third-order valence-electron chi connectivity index (χ3n) is 4.56. The lowest BCUT2D eigenvalue weighted by Gasteiger charge is -2.20. The van der Waals surface area contributed by atoms with E-state index in [-0.39, 0.29) is 5.91 Å². The molecule has 0 N–H and O–H groups in total. The van der Waals surface area contributed by atoms with Gasteiger partial charge in [-0.2, -0.15) is 0 Å². The molecule has 0 saturated heterocycles. The number of aromatic nitrogens is 3. The average molecular weight is 490 g/mol. The van der Waals surface area contributed by atoms with Gasteiger partial charge in [-0.1, -0.05) is 38.9 Å². The van der Waals surface area contributed by atoms with E-state index in [0.29, 0.717) is 22.3 Å². The molecule has 0 spiro atoms. The standard InChI is InChI=1S/C21H18BrClN4OS/c1-14-11-17(23)12-18-19(14)25-21(29-18)27(9-2-8-26-10-7-24-13-26)20(28)15-3-5-16(22)6-4-15/h3-7,10-13H,2,8-9H2,1H3. The van der Waals surface area contributed by atoms with Gasteiger partial charge in [-0.25, -0.2) is 9.97 Å². The van der Waals surface area contributed by atoms with Crippen LogP contribution in [0.5, 0.6) is 0 Å². The minimum atomic E-state index is -0.0639. The fourth-order valence-corrected chi connectivity index (χ4v) is 4.83. The summed E-state index contributed by atoms with van der Waals surface area (Å²) in [5.74, 6) is -0.0639. The molecule has 8 heteroatoms. The molecule has 4 aromatic rings. The van der Waals surface area contributed by atoms with Crippen LogP contribution in [0, 0.1) is 6.92 Å². The van der Waals surface area contributed by atoms with Crippen LogP contribution < -0.4 is 4.90 Å². The molecule has 0 saturated carbocycles. The zero-order chi connectivity index (χ0) is 20.4. The zero-order valence-corrected chi connectivity index (χ0v) is 18.8. The maximum absolute atomic E-state index is 13.3. The van der Waals surface area contributed by atoms with Crippen molar-refractivity contribution in [2.75, 3.05) is 11.4 Å². The van der Waals surface area contributed by atoms with Crippen LogP contribution in [0.25, 0.3) is 10.2 Å². The summed E-state index contributed by atoms with van der Waals surface area (Å²) in [7, 11) is 0. The van der Waals surface area contributed by atoms with Crippen LogP contribution in [-0.2, 0) is 6.54 Å². The zero-order valence-electron chi connectivity index (χ0n) is 15.7. The molecule has 148 valence electrons. The lowest BCUT2D eigenvalue weighted by molar-refractivity contribution is 0.0986. The number of thiazole rings is 1. The maximum atomic E-state index is 13.3. The van der Waals surface area contributed by atoms with Crippen LogP contribution >= 0.6 is 38.9 Å². The molecule has 0 unspecified atom stereocenters. The minimum absolute atomic E-state index is 0.0639. The smallest absolute Gasteiger partial charge is 0.260 e. The number of nitrogens with zero attached hydrogens (tertiary/aromatic N) is 4. The summed E-state index contributed by atoms with van der Waals surface area (Å²) in [4.78, 5) is 23.9. The Kier molecular flexibility index (Phi) is 5.99. The van der Waals surface area contributed by atoms with Crippen LogP contribution in [0.2, 0.25) is 5.02 Å². The second kappa shape index (κ2) is 8.65. The number of benzene rings is 2. The van der Waals surface area contributed by atoms with Gasteiger partial charge in [-0.05, 0) is 55.3 Å². The van der Waals surface area contributed by atoms with Crippen LogP contribution in [0.1, 0.15) is 22.3 Å². The van der Waals surface area contributed by atoms with E-state index in [2.05, 4.69) is 20.9 Å². The minimum Gasteiger partial charge on any atom is -0.337 e. The number of halogens is 2. The number of aryl methyl sites for hydroxylation is 2. The summed E-state index contributed by atoms with van der Waals surface area (Å²) in [6.45, 7) is 3.32. The van der Waals surface area contributed by atoms with Crippen molar-refractivity contribution in [3.8, 4) is 0 Å². The van der Waals surface area contributed by atoms with E-state index < -0.39 is 0 Å². The molecule has 29 heavy (non-hydrogen) atoms. The molecule has 5 nitrogen and oxygen atoms in total. The summed E-state index contributed by atoms with van der Waals surface area (Å²) in [5.41, 5.74) is 2.52. The average Bonchev–Trinajstić information content (AvgIpc) is 3.35. The lowest BCUT2D eigenvalue weighted by atomic mass is 10.2. The highest BCUT2D eigenvalue weighted by Gasteiger charge is 2.21. The van der Waals surface area contributed by atoms with Crippen LogP contribution in [-0.4, -0.2) is 27.0 Å². The summed E-state index contributed by atoms with van der Waals surface area (Å²) < 4.78 is 3.92. The molecule has 0 aliphatic heterocycles. The van der Waals surface area contributed by atoms with Crippen LogP contribution in [0.4, 0.5) is 5.13 Å². The van der Waals surface area contributed by atoms with Crippen LogP contribution in [0.15, 0.2) is 59.6 Å². The number of imidazole rings is 1. The van der Waals surface area contributed by atoms with Crippen molar-refractivity contribution in [3.63, 3.8) is 0 Å². The number of fused-ring (bicyclic) bond motifs is 1. The maximum Gasteiger partial charge on any atom is 0.260 e. The second-order valence-electron chi connectivity index (χ2n) is 6.68. The number of carbonyl (C=O) groups excluding carboxylic acids is 1. The molecule has 0 bridgehead atoms. The van der Waals surface area contributed by atoms with E-state index in [1.165, 1.54) is 11.3 Å². The topological polar surface area (TPSA) is 51.0 Å². The highest BCUT2D eigenvalue weighted by Crippen LogP contribution is 2.33. The molecule has 2 aromatic carbocycles. The van der Waals surface area contributed by atoms with Crippen molar-refractivity contribution in [3.05, 3.63) is 75.7 Å². The van der Waals surface area contributed by atoms with Gasteiger partial charge in [0.15, 0.2) is 5.13 Å². The van der Waals surface area contributed by atoms with Gasteiger partial charge in [0, 0.05) is 40.5 Å². The molecule has 1 amide bonds. The first-order chi connectivity index (χ1) is 14.0. The quantitative estimate of drug-likeness (QED) is 0.336. The van der Waals surface area contributed by atoms with Crippen molar-refractivity contribution >= 4 is 60.1 Å². The lowest BCUT2D eigenvalue weighted by Crippen LogP contribution is -2.32. The van der Waals surface area contributed by atoms with Gasteiger partial charge in [0.05, 0.1) is 16.5 Å². The number of rotatable bonds is 6. The molecule has 4 rings (SSSR count). The van der Waals surface area contributed by atoms with E-state index >= 15 is 0 Å². The third kappa shape index (κ3) is 4.52. The van der Waals surface area contributed by atoms with Crippen molar-refractivity contribution in [1.82, 2.24) is 14.5 Å². The number of hydrogen-bond acceptors (Lipinski definition) is 4. The summed E-state index contributed by atoms with van der Waals surface area (Å²) in [6.07, 6.45) is 6.24. The molecule has 0 radical (unpaired) electrons. The number of amides is 1. The van der Waals surface area contributed by atoms with Gasteiger partial charge < -0.3 is 4.57 Å². The molecule has 2 aromatic heterocycles. The van der Waals surface area contributed by atoms with Crippen molar-refractivity contribution in [2.24, 2.45) is 0 Å². The second-order valence-corrected chi connectivity index (χ2v) is 9.04. The van der Waals surface area contributed by atoms with Gasteiger partial charge in [-0.15, -0.1) is 0 Å². The molecule has 0 aliphatic carbocycles. The van der Waals surface area contributed by atoms with Crippen LogP contribution in [0.3, 0.4) is 0 Å². The van der Waals surface area contributed by atoms with Gasteiger partial charge in [0.1, 0.15) is 0 Å². The molecule has 2 heterocycles. The number of carbonyl (C=O) groups is 1. The van der Waals surface area contributed by atoms with Gasteiger partial charge in [0.2, 0.25) is 0 Å². The predicted molar refractivity (Wildman–Crippen MR) is 122 cm³/mol. The van der Waals surface area contributed by atoms with E-state index in [4.69, 9.17) is 16.6 Å². The monoisotopic (exact) mass is 488 g/mol. The van der Waals surface area contributed by atoms with Crippen molar-refractivity contribution < 1.29 is 4.79 Å². The highest BCUT2D eigenvalue weighted by molar-refractivity contribution is 9.10. The first-order valence-electron chi connectivity index (χ1n) is 9.11. The van der Waals surface area contributed by atoms with E-state index in [9.17, 15) is 4.79 Å². The van der Waals surface area contributed by atoms with E-state index in [0.717, 1.165) is 33.2 Å². The fourth-order valence-electron chi connectivity index (χ4n) is 3.12. The van der Waals surface area contributed by atoms with Crippen molar-refractivity contribution in [2.45, 2.75) is 19.9 Å². The predicted octanol–water partition coefficient (Wildman–Crippen LogP) is 5.95. The first kappa shape index (κ1) is 20.1. The summed E-state index contributed by atoms with van der Waals surface area (Å²) >= 11 is 11.1. The fraction of sp³-hybridized carbons (Fsp3) is 0.190. The summed E-state index contributed by atoms with van der Waals surface area (Å²) in [6, 6.07) is 11.2. The van der Waals surface area contributed by atoms with E-state index in [1.807, 2.05) is 54.1 Å². The number of hydrogen-bond donors (Lipinski definition) is 0. The Hall–Kier alpha value is -2.22. The SMILES string of the molecule is Cc1cc(Cl)cc2sc(N(CCCn3ccnc3)C(=O)c3ccc(Br)cc3)nc12. The Balaban J connectivity index is 1.66. The molecule has 0 atom stereocenters. The molecule has 0 fully saturated rings. The van der Waals surface area contributed by atoms with E-state index in [1.54, 1.807) is 17.4 Å². The summed E-state index contributed by atoms with van der Waals surface area (Å²) in [5, 5.41) is 1.36. The molecular formula is C21H18BrClN4OS. The normalized spacial score (nSPS) is 11.1. The third-order valence-corrected chi connectivity index (χ3v) is 6.34. The number of anilines is 1. The first-order valence-corrected chi connectivity index (χ1v) is 11.1. The Morgan fingerprint density at radius 2 is 2.07 bits per heavy atom. The van der Waals surface area contributed by atoms with Gasteiger partial charge in [0.25, 0.3) is 5.91 Å².